The number of nitrogens with two attached hydrogens (primary N) is 1. The van der Waals surface area contributed by atoms with E-state index in [1.165, 1.54) is 27.4 Å². The maximum atomic E-state index is 13.0. The molecule has 32 heavy (non-hydrogen) atoms. The van der Waals surface area contributed by atoms with Crippen molar-refractivity contribution in [1.82, 2.24) is 9.21 Å². The summed E-state index contributed by atoms with van der Waals surface area (Å²) < 4.78 is 43.8. The number of ether oxygens (including phenoxy) is 3. The van der Waals surface area contributed by atoms with Crippen LogP contribution in [0.5, 0.6) is 17.2 Å². The number of benzene rings is 2. The van der Waals surface area contributed by atoms with Crippen molar-refractivity contribution in [3.8, 4) is 17.2 Å². The Hall–Kier alpha value is -3.31. The van der Waals surface area contributed by atoms with Gasteiger partial charge in [0, 0.05) is 32.2 Å². The second-order valence-corrected chi connectivity index (χ2v) is 9.18. The lowest BCUT2D eigenvalue weighted by Crippen LogP contribution is -2.51. The molecule has 0 aromatic heterocycles. The van der Waals surface area contributed by atoms with Crippen molar-refractivity contribution in [2.45, 2.75) is 4.90 Å². The third-order valence-corrected chi connectivity index (χ3v) is 7.14. The average molecular weight is 461 g/mol. The van der Waals surface area contributed by atoms with Crippen LogP contribution in [0.15, 0.2) is 47.4 Å². The molecule has 2 aromatic carbocycles. The van der Waals surface area contributed by atoms with Crippen molar-refractivity contribution in [2.24, 2.45) is 5.73 Å². The van der Waals surface area contributed by atoms with E-state index in [0.29, 0.717) is 24.7 Å². The van der Waals surface area contributed by atoms with E-state index >= 15 is 0 Å². The minimum absolute atomic E-state index is 0.118. The second-order valence-electron chi connectivity index (χ2n) is 7.24. The second kappa shape index (κ2) is 9.05. The summed E-state index contributed by atoms with van der Waals surface area (Å²) in [7, 11) is -3.74. The highest BCUT2D eigenvalue weighted by atomic mass is 32.2. The van der Waals surface area contributed by atoms with Gasteiger partial charge >= 0.3 is 0 Å². The molecule has 2 amide bonds. The van der Waals surface area contributed by atoms with Gasteiger partial charge < -0.3 is 24.8 Å². The molecule has 2 aliphatic rings. The fourth-order valence-corrected chi connectivity index (χ4v) is 4.98. The lowest BCUT2D eigenvalue weighted by molar-refractivity contribution is -0.134. The third-order valence-electron chi connectivity index (χ3n) is 5.25. The number of primary amides is 1. The molecule has 1 saturated heterocycles. The number of para-hydroxylation sites is 1. The number of hydrogen-bond acceptors (Lipinski definition) is 7. The first-order valence-corrected chi connectivity index (χ1v) is 11.5. The quantitative estimate of drug-likeness (QED) is 0.662. The van der Waals surface area contributed by atoms with Gasteiger partial charge in [0.15, 0.2) is 18.1 Å². The molecule has 11 heteroatoms. The Balaban J connectivity index is 1.35. The first-order chi connectivity index (χ1) is 15.4. The normalized spacial score (nSPS) is 16.4. The summed E-state index contributed by atoms with van der Waals surface area (Å²) in [6.07, 6.45) is 0. The van der Waals surface area contributed by atoms with Gasteiger partial charge in [-0.2, -0.15) is 4.31 Å². The molecule has 1 fully saturated rings. The zero-order valence-electron chi connectivity index (χ0n) is 17.2. The number of sulfonamides is 1. The van der Waals surface area contributed by atoms with Gasteiger partial charge in [0.05, 0.1) is 10.5 Å². The molecule has 0 radical (unpaired) electrons. The van der Waals surface area contributed by atoms with E-state index < -0.39 is 15.9 Å². The Labute approximate surface area is 185 Å². The molecule has 2 N–H and O–H groups in total. The van der Waals surface area contributed by atoms with Gasteiger partial charge in [0.1, 0.15) is 19.0 Å². The molecule has 2 aromatic rings. The molecule has 0 bridgehead atoms. The molecular weight excluding hydrogens is 438 g/mol. The Morgan fingerprint density at radius 2 is 1.66 bits per heavy atom. The topological polar surface area (TPSA) is 128 Å². The third kappa shape index (κ3) is 4.48. The lowest BCUT2D eigenvalue weighted by atomic mass is 10.2. The lowest BCUT2D eigenvalue weighted by Gasteiger charge is -2.34. The zero-order chi connectivity index (χ0) is 22.7. The largest absolute Gasteiger partial charge is 0.486 e. The molecular formula is C21H23N3O7S. The van der Waals surface area contributed by atoms with E-state index in [1.807, 2.05) is 0 Å². The average Bonchev–Trinajstić information content (AvgIpc) is 2.82. The predicted octanol–water partition coefficient (Wildman–Crippen LogP) is 0.469. The van der Waals surface area contributed by atoms with Crippen LogP contribution in [0.4, 0.5) is 0 Å². The number of carbonyl (C=O) groups excluding carboxylic acids is 2. The molecule has 10 nitrogen and oxygen atoms in total. The van der Waals surface area contributed by atoms with Crippen LogP contribution in [-0.2, 0) is 14.8 Å². The predicted molar refractivity (Wildman–Crippen MR) is 113 cm³/mol. The zero-order valence-corrected chi connectivity index (χ0v) is 18.0. The number of rotatable bonds is 6. The minimum Gasteiger partial charge on any atom is -0.486 e. The van der Waals surface area contributed by atoms with E-state index in [2.05, 4.69) is 0 Å². The molecule has 4 rings (SSSR count). The van der Waals surface area contributed by atoms with Gasteiger partial charge in [-0.25, -0.2) is 8.42 Å². The van der Waals surface area contributed by atoms with Crippen LogP contribution in [0.2, 0.25) is 0 Å². The van der Waals surface area contributed by atoms with E-state index in [9.17, 15) is 18.0 Å². The van der Waals surface area contributed by atoms with Crippen LogP contribution >= 0.6 is 0 Å². The number of nitrogens with zero attached hydrogens (tertiary/aromatic N) is 2. The number of amides is 2. The number of piperazine rings is 1. The summed E-state index contributed by atoms with van der Waals surface area (Å²) in [4.78, 5) is 25.6. The SMILES string of the molecule is NC(=O)c1ccccc1OCC(=O)N1CCN(S(=O)(=O)c2ccc3c(c2)OCCO3)CC1. The van der Waals surface area contributed by atoms with Crippen molar-refractivity contribution in [3.05, 3.63) is 48.0 Å². The van der Waals surface area contributed by atoms with Gasteiger partial charge in [-0.15, -0.1) is 0 Å². The Bertz CT molecular complexity index is 1130. The van der Waals surface area contributed by atoms with Crippen molar-refractivity contribution >= 4 is 21.8 Å². The van der Waals surface area contributed by atoms with Crippen molar-refractivity contribution in [3.63, 3.8) is 0 Å². The molecule has 0 atom stereocenters. The van der Waals surface area contributed by atoms with Gasteiger partial charge in [0.2, 0.25) is 10.0 Å². The summed E-state index contributed by atoms with van der Waals surface area (Å²) >= 11 is 0. The molecule has 2 aliphatic heterocycles. The van der Waals surface area contributed by atoms with Crippen molar-refractivity contribution < 1.29 is 32.2 Å². The number of fused-ring (bicyclic) bond motifs is 1. The number of hydrogen-bond donors (Lipinski definition) is 1. The smallest absolute Gasteiger partial charge is 0.260 e. The summed E-state index contributed by atoms with van der Waals surface area (Å²) in [6, 6.07) is 10.9. The monoisotopic (exact) mass is 461 g/mol. The first kappa shape index (κ1) is 21.9. The summed E-state index contributed by atoms with van der Waals surface area (Å²) in [5.41, 5.74) is 5.50. The Morgan fingerprint density at radius 1 is 0.969 bits per heavy atom. The maximum absolute atomic E-state index is 13.0. The van der Waals surface area contributed by atoms with Crippen LogP contribution < -0.4 is 19.9 Å². The standard InChI is InChI=1S/C21H23N3O7S/c22-21(26)16-3-1-2-4-17(16)31-14-20(25)23-7-9-24(10-8-23)32(27,28)15-5-6-18-19(13-15)30-12-11-29-18/h1-6,13H,7-12,14H2,(H2,22,26). The fourth-order valence-electron chi connectivity index (χ4n) is 3.54. The minimum atomic E-state index is -3.74. The Morgan fingerprint density at radius 3 is 2.38 bits per heavy atom. The van der Waals surface area contributed by atoms with E-state index in [1.54, 1.807) is 24.3 Å². The van der Waals surface area contributed by atoms with Crippen molar-refractivity contribution in [1.29, 1.82) is 0 Å². The van der Waals surface area contributed by atoms with Crippen LogP contribution in [0.1, 0.15) is 10.4 Å². The number of carbonyl (C=O) groups is 2. The van der Waals surface area contributed by atoms with Gasteiger partial charge in [-0.1, -0.05) is 12.1 Å². The maximum Gasteiger partial charge on any atom is 0.260 e. The molecule has 0 unspecified atom stereocenters. The van der Waals surface area contributed by atoms with Crippen LogP contribution in [0, 0.1) is 0 Å². The molecule has 170 valence electrons. The highest BCUT2D eigenvalue weighted by Crippen LogP contribution is 2.33. The van der Waals surface area contributed by atoms with Crippen LogP contribution in [-0.4, -0.2) is 75.4 Å². The van der Waals surface area contributed by atoms with E-state index in [4.69, 9.17) is 19.9 Å². The molecule has 0 aliphatic carbocycles. The fraction of sp³-hybridized carbons (Fsp3) is 0.333. The van der Waals surface area contributed by atoms with Crippen molar-refractivity contribution in [2.75, 3.05) is 46.0 Å². The van der Waals surface area contributed by atoms with Gasteiger partial charge in [0.25, 0.3) is 11.8 Å². The molecule has 2 heterocycles. The van der Waals surface area contributed by atoms with Gasteiger partial charge in [-0.05, 0) is 24.3 Å². The van der Waals surface area contributed by atoms with Crippen LogP contribution in [0.25, 0.3) is 0 Å². The summed E-state index contributed by atoms with van der Waals surface area (Å²) in [5, 5.41) is 0. The molecule has 0 spiro atoms. The van der Waals surface area contributed by atoms with E-state index in [0.717, 1.165) is 0 Å². The summed E-state index contributed by atoms with van der Waals surface area (Å²) in [6.45, 7) is 1.27. The van der Waals surface area contributed by atoms with E-state index in [-0.39, 0.29) is 54.9 Å². The van der Waals surface area contributed by atoms with Crippen LogP contribution in [0.3, 0.4) is 0 Å². The Kier molecular flexibility index (Phi) is 6.19. The first-order valence-electron chi connectivity index (χ1n) is 10.1. The van der Waals surface area contributed by atoms with Gasteiger partial charge in [-0.3, -0.25) is 9.59 Å². The highest BCUT2D eigenvalue weighted by molar-refractivity contribution is 7.89. The highest BCUT2D eigenvalue weighted by Gasteiger charge is 2.31. The molecule has 0 saturated carbocycles. The summed E-state index contributed by atoms with van der Waals surface area (Å²) in [5.74, 6) is 0.197.